The number of pyridine rings is 2. The molecule has 0 aliphatic carbocycles. The Hall–Kier alpha value is -4.41. The van der Waals surface area contributed by atoms with Crippen LogP contribution in [-0.2, 0) is 23.1 Å². The summed E-state index contributed by atoms with van der Waals surface area (Å²) in [5.41, 5.74) is 5.84. The van der Waals surface area contributed by atoms with Crippen LogP contribution in [0.4, 0.5) is 0 Å². The van der Waals surface area contributed by atoms with Gasteiger partial charge < -0.3 is 4.74 Å². The van der Waals surface area contributed by atoms with Crippen LogP contribution in [0.25, 0.3) is 0 Å². The van der Waals surface area contributed by atoms with Crippen molar-refractivity contribution in [2.45, 2.75) is 24.9 Å². The Kier molecular flexibility index (Phi) is 8.57. The van der Waals surface area contributed by atoms with Crippen molar-refractivity contribution >= 4 is 21.6 Å². The lowest BCUT2D eigenvalue weighted by atomic mass is 10.1. The lowest BCUT2D eigenvalue weighted by Crippen LogP contribution is -2.30. The summed E-state index contributed by atoms with van der Waals surface area (Å²) in [7, 11) is -2.32. The minimum Gasteiger partial charge on any atom is -0.497 e. The molecule has 2 aromatic heterocycles. The second kappa shape index (κ2) is 12.2. The molecule has 0 atom stereocenters. The number of amides is 1. The molecule has 0 saturated heterocycles. The van der Waals surface area contributed by atoms with Gasteiger partial charge in [0, 0.05) is 49.0 Å². The minimum atomic E-state index is -3.85. The molecule has 0 unspecified atom stereocenters. The number of carbonyl (C=O) groups excluding carboxylic acids is 1. The molecule has 0 saturated carbocycles. The Morgan fingerprint density at radius 2 is 1.53 bits per heavy atom. The highest BCUT2D eigenvalue weighted by Crippen LogP contribution is 2.23. The molecule has 1 amide bonds. The number of hydrogen-bond acceptors (Lipinski definition) is 7. The van der Waals surface area contributed by atoms with E-state index in [1.54, 1.807) is 80.2 Å². The smallest absolute Gasteiger partial charge is 0.271 e. The van der Waals surface area contributed by atoms with Crippen LogP contribution < -0.4 is 10.2 Å². The van der Waals surface area contributed by atoms with E-state index in [0.29, 0.717) is 17.0 Å². The van der Waals surface area contributed by atoms with Gasteiger partial charge >= 0.3 is 0 Å². The normalized spacial score (nSPS) is 11.8. The number of rotatable bonds is 10. The SMILES string of the molecule is COc1ccc(S(=O)(=O)N(Cc2ccc(C(=O)NN=C(C)c3cccnc3)cc2)Cc2cccnc2)cc1. The summed E-state index contributed by atoms with van der Waals surface area (Å²) in [6, 6.07) is 20.2. The molecule has 0 spiro atoms. The molecule has 1 N–H and O–H groups in total. The van der Waals surface area contributed by atoms with Crippen molar-refractivity contribution in [1.82, 2.24) is 19.7 Å². The van der Waals surface area contributed by atoms with E-state index >= 15 is 0 Å². The number of hydrazone groups is 1. The zero-order valence-corrected chi connectivity index (χ0v) is 21.8. The van der Waals surface area contributed by atoms with Gasteiger partial charge in [0.2, 0.25) is 10.0 Å². The Balaban J connectivity index is 1.52. The molecule has 38 heavy (non-hydrogen) atoms. The number of sulfonamides is 1. The number of nitrogens with zero attached hydrogens (tertiary/aromatic N) is 4. The van der Waals surface area contributed by atoms with E-state index in [9.17, 15) is 13.2 Å². The third kappa shape index (κ3) is 6.67. The van der Waals surface area contributed by atoms with Gasteiger partial charge in [0.05, 0.1) is 17.7 Å². The van der Waals surface area contributed by atoms with Crippen molar-refractivity contribution in [2.24, 2.45) is 5.10 Å². The Morgan fingerprint density at radius 3 is 2.13 bits per heavy atom. The fourth-order valence-corrected chi connectivity index (χ4v) is 5.04. The predicted molar refractivity (Wildman–Crippen MR) is 144 cm³/mol. The second-order valence-electron chi connectivity index (χ2n) is 8.39. The van der Waals surface area contributed by atoms with Crippen molar-refractivity contribution in [3.63, 3.8) is 0 Å². The minimum absolute atomic E-state index is 0.101. The summed E-state index contributed by atoms with van der Waals surface area (Å²) in [5.74, 6) is 0.189. The van der Waals surface area contributed by atoms with Crippen LogP contribution in [0.5, 0.6) is 5.75 Å². The number of benzene rings is 2. The lowest BCUT2D eigenvalue weighted by molar-refractivity contribution is 0.0954. The molecule has 2 aromatic carbocycles. The highest BCUT2D eigenvalue weighted by atomic mass is 32.2. The third-order valence-corrected chi connectivity index (χ3v) is 7.56. The summed E-state index contributed by atoms with van der Waals surface area (Å²) in [6.07, 6.45) is 6.60. The number of aromatic nitrogens is 2. The van der Waals surface area contributed by atoms with Gasteiger partial charge in [0.25, 0.3) is 5.91 Å². The van der Waals surface area contributed by atoms with Crippen LogP contribution in [0.2, 0.25) is 0 Å². The first-order valence-electron chi connectivity index (χ1n) is 11.7. The third-order valence-electron chi connectivity index (χ3n) is 5.76. The zero-order chi connectivity index (χ0) is 27.0. The van der Waals surface area contributed by atoms with Crippen LogP contribution in [0.3, 0.4) is 0 Å². The van der Waals surface area contributed by atoms with Crippen molar-refractivity contribution in [2.75, 3.05) is 7.11 Å². The first-order chi connectivity index (χ1) is 18.4. The Morgan fingerprint density at radius 1 is 0.868 bits per heavy atom. The molecule has 0 fully saturated rings. The maximum absolute atomic E-state index is 13.6. The topological polar surface area (TPSA) is 114 Å². The van der Waals surface area contributed by atoms with Gasteiger partial charge in [-0.25, -0.2) is 13.8 Å². The average molecular weight is 530 g/mol. The van der Waals surface area contributed by atoms with Crippen molar-refractivity contribution in [3.05, 3.63) is 120 Å². The largest absolute Gasteiger partial charge is 0.497 e. The fraction of sp³-hybridized carbons (Fsp3) is 0.143. The van der Waals surface area contributed by atoms with Crippen LogP contribution in [-0.4, -0.2) is 41.4 Å². The van der Waals surface area contributed by atoms with Gasteiger partial charge in [-0.1, -0.05) is 24.3 Å². The van der Waals surface area contributed by atoms with Crippen molar-refractivity contribution < 1.29 is 17.9 Å². The van der Waals surface area contributed by atoms with Crippen LogP contribution in [0.15, 0.2) is 108 Å². The van der Waals surface area contributed by atoms with E-state index in [1.807, 2.05) is 12.1 Å². The first-order valence-corrected chi connectivity index (χ1v) is 13.2. The Labute approximate surface area is 221 Å². The lowest BCUT2D eigenvalue weighted by Gasteiger charge is -2.22. The van der Waals surface area contributed by atoms with E-state index in [4.69, 9.17) is 4.74 Å². The summed E-state index contributed by atoms with van der Waals surface area (Å²) in [5, 5.41) is 4.14. The predicted octanol–water partition coefficient (Wildman–Crippen LogP) is 4.03. The standard InChI is InChI=1S/C28H27N5O4S/c1-21(25-6-4-16-30-18-25)31-32-28(34)24-9-7-22(8-10-24)19-33(20-23-5-3-15-29-17-23)38(35,36)27-13-11-26(37-2)12-14-27/h3-18H,19-20H2,1-2H3,(H,32,34). The molecular formula is C28H27N5O4S. The van der Waals surface area contributed by atoms with Gasteiger partial charge in [0.15, 0.2) is 0 Å². The van der Waals surface area contributed by atoms with Crippen molar-refractivity contribution in [3.8, 4) is 5.75 Å². The van der Waals surface area contributed by atoms with Crippen LogP contribution >= 0.6 is 0 Å². The number of nitrogens with one attached hydrogen (secondary N) is 1. The van der Waals surface area contributed by atoms with Gasteiger partial charge in [-0.2, -0.15) is 9.41 Å². The van der Waals surface area contributed by atoms with E-state index in [0.717, 1.165) is 16.7 Å². The molecule has 0 aliphatic rings. The number of carbonyl (C=O) groups is 1. The van der Waals surface area contributed by atoms with Crippen LogP contribution in [0.1, 0.15) is 34.0 Å². The maximum Gasteiger partial charge on any atom is 0.271 e. The van der Waals surface area contributed by atoms with Crippen molar-refractivity contribution in [1.29, 1.82) is 0 Å². The average Bonchev–Trinajstić information content (AvgIpc) is 2.96. The molecule has 10 heteroatoms. The molecule has 9 nitrogen and oxygen atoms in total. The molecule has 0 aliphatic heterocycles. The van der Waals surface area contributed by atoms with E-state index in [2.05, 4.69) is 20.5 Å². The molecule has 194 valence electrons. The molecule has 4 rings (SSSR count). The van der Waals surface area contributed by atoms with E-state index in [1.165, 1.54) is 23.5 Å². The highest BCUT2D eigenvalue weighted by Gasteiger charge is 2.25. The molecule has 4 aromatic rings. The van der Waals surface area contributed by atoms with Crippen LogP contribution in [0, 0.1) is 0 Å². The number of methoxy groups -OCH3 is 1. The summed E-state index contributed by atoms with van der Waals surface area (Å²) < 4.78 is 33.7. The summed E-state index contributed by atoms with van der Waals surface area (Å²) >= 11 is 0. The second-order valence-corrected chi connectivity index (χ2v) is 10.3. The summed E-state index contributed by atoms with van der Waals surface area (Å²) in [4.78, 5) is 20.9. The quantitative estimate of drug-likeness (QED) is 0.245. The first kappa shape index (κ1) is 26.6. The highest BCUT2D eigenvalue weighted by molar-refractivity contribution is 7.89. The van der Waals surface area contributed by atoms with E-state index in [-0.39, 0.29) is 23.9 Å². The Bertz CT molecular complexity index is 1490. The molecule has 2 heterocycles. The summed E-state index contributed by atoms with van der Waals surface area (Å²) in [6.45, 7) is 2.01. The van der Waals surface area contributed by atoms with Gasteiger partial charge in [0.1, 0.15) is 5.75 Å². The van der Waals surface area contributed by atoms with Gasteiger partial charge in [-0.3, -0.25) is 14.8 Å². The van der Waals surface area contributed by atoms with E-state index < -0.39 is 10.0 Å². The monoisotopic (exact) mass is 529 g/mol. The van der Waals surface area contributed by atoms with Gasteiger partial charge in [-0.05, 0) is 66.6 Å². The zero-order valence-electron chi connectivity index (χ0n) is 21.0. The van der Waals surface area contributed by atoms with Gasteiger partial charge in [-0.15, -0.1) is 0 Å². The maximum atomic E-state index is 13.6. The fourth-order valence-electron chi connectivity index (χ4n) is 3.62. The molecule has 0 radical (unpaired) electrons. The number of ether oxygens (including phenoxy) is 1. The molecular weight excluding hydrogens is 502 g/mol. The molecule has 0 bridgehead atoms. The number of hydrogen-bond donors (Lipinski definition) is 1.